The lowest BCUT2D eigenvalue weighted by atomic mass is 10.3. The molecule has 10 heteroatoms. The monoisotopic (exact) mass is 362 g/mol. The van der Waals surface area contributed by atoms with Gasteiger partial charge in [0.2, 0.25) is 5.91 Å². The van der Waals surface area contributed by atoms with Gasteiger partial charge in [0.15, 0.2) is 5.76 Å². The Kier molecular flexibility index (Phi) is 5.09. The predicted octanol–water partition coefficient (Wildman–Crippen LogP) is 1.23. The maximum absolute atomic E-state index is 11.8. The minimum Gasteiger partial charge on any atom is -0.459 e. The van der Waals surface area contributed by atoms with E-state index in [1.165, 1.54) is 6.26 Å². The summed E-state index contributed by atoms with van der Waals surface area (Å²) >= 11 is 1.59. The smallest absolute Gasteiger partial charge is 0.437 e. The number of carbonyl (C=O) groups is 2. The van der Waals surface area contributed by atoms with Crippen LogP contribution in [0.3, 0.4) is 0 Å². The number of aromatic nitrogens is 2. The van der Waals surface area contributed by atoms with Gasteiger partial charge in [-0.15, -0.1) is 16.4 Å². The summed E-state index contributed by atoms with van der Waals surface area (Å²) in [6, 6.07) is 6.43. The van der Waals surface area contributed by atoms with E-state index in [9.17, 15) is 14.4 Å². The molecule has 0 saturated carbocycles. The molecule has 2 N–H and O–H groups in total. The highest BCUT2D eigenvalue weighted by atomic mass is 32.1. The first-order valence-electron chi connectivity index (χ1n) is 7.34. The van der Waals surface area contributed by atoms with Crippen molar-refractivity contribution in [3.8, 4) is 11.7 Å². The molecule has 3 amide bonds. The second-order valence-electron chi connectivity index (χ2n) is 4.94. The highest BCUT2D eigenvalue weighted by Crippen LogP contribution is 2.14. The highest BCUT2D eigenvalue weighted by molar-refractivity contribution is 7.09. The SMILES string of the molecule is O=C(Cn1nc(-c2ccco2)oc1=O)NC(=O)NCCc1cccs1. The average molecular weight is 362 g/mol. The van der Waals surface area contributed by atoms with Crippen LogP contribution in [0.15, 0.2) is 49.5 Å². The molecule has 0 radical (unpaired) electrons. The van der Waals surface area contributed by atoms with Gasteiger partial charge in [0.05, 0.1) is 6.26 Å². The Bertz CT molecular complexity index is 895. The van der Waals surface area contributed by atoms with E-state index < -0.39 is 24.2 Å². The number of rotatable bonds is 6. The summed E-state index contributed by atoms with van der Waals surface area (Å²) < 4.78 is 10.8. The quantitative estimate of drug-likeness (QED) is 0.680. The van der Waals surface area contributed by atoms with Crippen LogP contribution < -0.4 is 16.4 Å². The second kappa shape index (κ2) is 7.62. The Balaban J connectivity index is 1.49. The third-order valence-electron chi connectivity index (χ3n) is 3.12. The van der Waals surface area contributed by atoms with Crippen molar-refractivity contribution in [2.24, 2.45) is 0 Å². The van der Waals surface area contributed by atoms with E-state index in [-0.39, 0.29) is 11.7 Å². The van der Waals surface area contributed by atoms with Gasteiger partial charge in [-0.1, -0.05) is 6.07 Å². The maximum Gasteiger partial charge on any atom is 0.437 e. The van der Waals surface area contributed by atoms with E-state index in [4.69, 9.17) is 8.83 Å². The molecule has 3 rings (SSSR count). The highest BCUT2D eigenvalue weighted by Gasteiger charge is 2.16. The molecule has 3 aromatic rings. The van der Waals surface area contributed by atoms with Gasteiger partial charge in [0.1, 0.15) is 6.54 Å². The minimum absolute atomic E-state index is 0.0387. The lowest BCUT2D eigenvalue weighted by Gasteiger charge is -2.05. The fourth-order valence-corrected chi connectivity index (χ4v) is 2.72. The van der Waals surface area contributed by atoms with Crippen molar-refractivity contribution in [1.29, 1.82) is 0 Å². The summed E-state index contributed by atoms with van der Waals surface area (Å²) in [4.78, 5) is 36.3. The zero-order valence-electron chi connectivity index (χ0n) is 12.9. The summed E-state index contributed by atoms with van der Waals surface area (Å²) in [7, 11) is 0. The van der Waals surface area contributed by atoms with E-state index in [0.29, 0.717) is 13.0 Å². The molecule has 0 bridgehead atoms. The fourth-order valence-electron chi connectivity index (χ4n) is 2.01. The third kappa shape index (κ3) is 4.44. The molecule has 0 fully saturated rings. The van der Waals surface area contributed by atoms with E-state index in [0.717, 1.165) is 9.56 Å². The number of amides is 3. The Morgan fingerprint density at radius 1 is 1.28 bits per heavy atom. The van der Waals surface area contributed by atoms with Gasteiger partial charge in [0.25, 0.3) is 5.89 Å². The topological polar surface area (TPSA) is 119 Å². The summed E-state index contributed by atoms with van der Waals surface area (Å²) in [5, 5.41) is 10.5. The van der Waals surface area contributed by atoms with Gasteiger partial charge in [-0.05, 0) is 30.0 Å². The number of hydrogen-bond acceptors (Lipinski definition) is 7. The van der Waals surface area contributed by atoms with Crippen molar-refractivity contribution in [2.75, 3.05) is 6.54 Å². The minimum atomic E-state index is -0.820. The number of nitrogens with zero attached hydrogens (tertiary/aromatic N) is 2. The Morgan fingerprint density at radius 2 is 2.16 bits per heavy atom. The molecule has 9 nitrogen and oxygen atoms in total. The van der Waals surface area contributed by atoms with Gasteiger partial charge in [-0.3, -0.25) is 10.1 Å². The Hall–Kier alpha value is -3.14. The molecule has 0 aromatic carbocycles. The molecule has 0 aliphatic carbocycles. The zero-order valence-corrected chi connectivity index (χ0v) is 13.7. The number of nitrogens with one attached hydrogen (secondary N) is 2. The number of urea groups is 1. The van der Waals surface area contributed by atoms with Crippen molar-refractivity contribution in [2.45, 2.75) is 13.0 Å². The molecule has 0 atom stereocenters. The predicted molar refractivity (Wildman–Crippen MR) is 88.0 cm³/mol. The number of thiophene rings is 1. The molecule has 0 aliphatic rings. The first-order chi connectivity index (χ1) is 12.1. The second-order valence-corrected chi connectivity index (χ2v) is 5.97. The molecular formula is C15H14N4O5S. The molecule has 0 aliphatic heterocycles. The summed E-state index contributed by atoms with van der Waals surface area (Å²) in [5.74, 6) is -1.28. The van der Waals surface area contributed by atoms with E-state index in [1.807, 2.05) is 17.5 Å². The lowest BCUT2D eigenvalue weighted by Crippen LogP contribution is -2.42. The Morgan fingerprint density at radius 3 is 2.88 bits per heavy atom. The van der Waals surface area contributed by atoms with Crippen LogP contribution in [-0.2, 0) is 17.8 Å². The van der Waals surface area contributed by atoms with Crippen LogP contribution in [-0.4, -0.2) is 28.3 Å². The van der Waals surface area contributed by atoms with Crippen LogP contribution in [0, 0.1) is 0 Å². The molecule has 3 aromatic heterocycles. The molecule has 0 spiro atoms. The maximum atomic E-state index is 11.8. The molecule has 130 valence electrons. The Labute approximate surface area is 145 Å². The fraction of sp³-hybridized carbons (Fsp3) is 0.200. The van der Waals surface area contributed by atoms with E-state index in [1.54, 1.807) is 23.5 Å². The number of furan rings is 1. The molecule has 25 heavy (non-hydrogen) atoms. The molecule has 0 saturated heterocycles. The molecular weight excluding hydrogens is 348 g/mol. The van der Waals surface area contributed by atoms with Gasteiger partial charge in [-0.25, -0.2) is 9.59 Å². The average Bonchev–Trinajstić information content (AvgIpc) is 3.30. The van der Waals surface area contributed by atoms with Gasteiger partial charge in [-0.2, -0.15) is 4.68 Å². The van der Waals surface area contributed by atoms with E-state index >= 15 is 0 Å². The third-order valence-corrected chi connectivity index (χ3v) is 4.06. The summed E-state index contributed by atoms with van der Waals surface area (Å²) in [6.45, 7) is -0.0481. The summed E-state index contributed by atoms with van der Waals surface area (Å²) in [6.07, 6.45) is 2.08. The normalized spacial score (nSPS) is 10.6. The molecule has 3 heterocycles. The standard InChI is InChI=1S/C15H14N4O5S/c20-12(17-14(21)16-6-5-10-3-2-8-25-10)9-19-15(22)24-13(18-19)11-4-1-7-23-11/h1-4,7-8H,5-6,9H2,(H2,16,17,20,21). The van der Waals surface area contributed by atoms with Crippen LogP contribution in [0.2, 0.25) is 0 Å². The van der Waals surface area contributed by atoms with Crippen molar-refractivity contribution in [3.05, 3.63) is 51.3 Å². The van der Waals surface area contributed by atoms with Crippen molar-refractivity contribution in [1.82, 2.24) is 20.4 Å². The first kappa shape index (κ1) is 16.7. The van der Waals surface area contributed by atoms with Crippen molar-refractivity contribution in [3.63, 3.8) is 0 Å². The van der Waals surface area contributed by atoms with Gasteiger partial charge < -0.3 is 14.2 Å². The van der Waals surface area contributed by atoms with Crippen molar-refractivity contribution < 1.29 is 18.4 Å². The molecule has 0 unspecified atom stereocenters. The summed E-state index contributed by atoms with van der Waals surface area (Å²) in [5.41, 5.74) is 0. The van der Waals surface area contributed by atoms with Gasteiger partial charge >= 0.3 is 11.8 Å². The van der Waals surface area contributed by atoms with Crippen LogP contribution in [0.4, 0.5) is 4.79 Å². The van der Waals surface area contributed by atoms with Gasteiger partial charge in [0, 0.05) is 11.4 Å². The van der Waals surface area contributed by atoms with Crippen LogP contribution >= 0.6 is 11.3 Å². The van der Waals surface area contributed by atoms with Crippen LogP contribution in [0.5, 0.6) is 0 Å². The zero-order chi connectivity index (χ0) is 17.6. The number of carbonyl (C=O) groups excluding carboxylic acids is 2. The number of hydrogen-bond donors (Lipinski definition) is 2. The van der Waals surface area contributed by atoms with Crippen LogP contribution in [0.1, 0.15) is 4.88 Å². The number of imide groups is 1. The first-order valence-corrected chi connectivity index (χ1v) is 8.21. The van der Waals surface area contributed by atoms with Crippen molar-refractivity contribution >= 4 is 23.3 Å². The lowest BCUT2D eigenvalue weighted by molar-refractivity contribution is -0.120. The largest absolute Gasteiger partial charge is 0.459 e. The van der Waals surface area contributed by atoms with Crippen LogP contribution in [0.25, 0.3) is 11.7 Å². The van der Waals surface area contributed by atoms with E-state index in [2.05, 4.69) is 15.7 Å².